The summed E-state index contributed by atoms with van der Waals surface area (Å²) in [7, 11) is 0. The van der Waals surface area contributed by atoms with Crippen LogP contribution in [0.5, 0.6) is 0 Å². The smallest absolute Gasteiger partial charge is 0.227 e. The highest BCUT2D eigenvalue weighted by atomic mass is 16.2. The Morgan fingerprint density at radius 1 is 1.20 bits per heavy atom. The minimum Gasteiger partial charge on any atom is -0.314 e. The first-order chi connectivity index (χ1) is 9.74. The van der Waals surface area contributed by atoms with E-state index in [1.165, 1.54) is 11.3 Å². The fourth-order valence-electron chi connectivity index (χ4n) is 3.18. The van der Waals surface area contributed by atoms with Crippen LogP contribution in [0.25, 0.3) is 0 Å². The van der Waals surface area contributed by atoms with Gasteiger partial charge in [0.05, 0.1) is 0 Å². The van der Waals surface area contributed by atoms with Crippen molar-refractivity contribution in [3.05, 3.63) is 47.7 Å². The Bertz CT molecular complexity index is 509. The van der Waals surface area contributed by atoms with Gasteiger partial charge in [-0.3, -0.25) is 9.69 Å². The van der Waals surface area contributed by atoms with Gasteiger partial charge in [-0.25, -0.2) is 0 Å². The van der Waals surface area contributed by atoms with E-state index in [4.69, 9.17) is 0 Å². The topological polar surface area (TPSA) is 23.6 Å². The Morgan fingerprint density at radius 3 is 2.60 bits per heavy atom. The fourth-order valence-corrected chi connectivity index (χ4v) is 3.18. The van der Waals surface area contributed by atoms with Crippen molar-refractivity contribution >= 4 is 5.91 Å². The van der Waals surface area contributed by atoms with Crippen LogP contribution in [-0.2, 0) is 11.3 Å². The average molecular weight is 270 g/mol. The van der Waals surface area contributed by atoms with Crippen LogP contribution >= 0.6 is 0 Å². The van der Waals surface area contributed by atoms with Crippen molar-refractivity contribution in [1.29, 1.82) is 0 Å². The highest BCUT2D eigenvalue weighted by Gasteiger charge is 2.31. The molecular weight excluding hydrogens is 248 g/mol. The maximum atomic E-state index is 11.9. The van der Waals surface area contributed by atoms with Crippen LogP contribution in [0.3, 0.4) is 0 Å². The second kappa shape index (κ2) is 5.80. The lowest BCUT2D eigenvalue weighted by atomic mass is 10.1. The Morgan fingerprint density at radius 2 is 2.00 bits per heavy atom. The average Bonchev–Trinajstić information content (AvgIpc) is 2.81. The molecule has 106 valence electrons. The Labute approximate surface area is 120 Å². The molecule has 0 saturated carbocycles. The SMILES string of the molecule is CC1CCC(=O)N1C1=CCN(Cc2ccccc2)CC1. The van der Waals surface area contributed by atoms with Gasteiger partial charge in [-0.2, -0.15) is 0 Å². The molecule has 3 heteroatoms. The van der Waals surface area contributed by atoms with Crippen LogP contribution in [0, 0.1) is 0 Å². The molecule has 0 spiro atoms. The molecule has 2 heterocycles. The molecule has 1 unspecified atom stereocenters. The van der Waals surface area contributed by atoms with E-state index < -0.39 is 0 Å². The maximum Gasteiger partial charge on any atom is 0.227 e. The van der Waals surface area contributed by atoms with Gasteiger partial charge in [0.15, 0.2) is 0 Å². The number of hydrogen-bond acceptors (Lipinski definition) is 2. The molecule has 1 atom stereocenters. The number of likely N-dealkylation sites (tertiary alicyclic amines) is 1. The van der Waals surface area contributed by atoms with Gasteiger partial charge < -0.3 is 4.90 Å². The zero-order valence-electron chi connectivity index (χ0n) is 12.1. The van der Waals surface area contributed by atoms with Gasteiger partial charge in [0, 0.05) is 44.2 Å². The normalized spacial score (nSPS) is 24.1. The zero-order chi connectivity index (χ0) is 13.9. The molecular formula is C17H22N2O. The van der Waals surface area contributed by atoms with Gasteiger partial charge in [-0.15, -0.1) is 0 Å². The quantitative estimate of drug-likeness (QED) is 0.843. The van der Waals surface area contributed by atoms with Crippen molar-refractivity contribution in [1.82, 2.24) is 9.80 Å². The first-order valence-electron chi connectivity index (χ1n) is 7.51. The predicted molar refractivity (Wildman–Crippen MR) is 80.0 cm³/mol. The van der Waals surface area contributed by atoms with Crippen molar-refractivity contribution < 1.29 is 4.79 Å². The van der Waals surface area contributed by atoms with E-state index >= 15 is 0 Å². The molecule has 0 N–H and O–H groups in total. The first-order valence-corrected chi connectivity index (χ1v) is 7.51. The third kappa shape index (κ3) is 2.78. The summed E-state index contributed by atoms with van der Waals surface area (Å²) in [6.07, 6.45) is 4.95. The summed E-state index contributed by atoms with van der Waals surface area (Å²) in [5.41, 5.74) is 2.60. The highest BCUT2D eigenvalue weighted by Crippen LogP contribution is 2.27. The predicted octanol–water partition coefficient (Wildman–Crippen LogP) is 2.79. The highest BCUT2D eigenvalue weighted by molar-refractivity contribution is 5.80. The van der Waals surface area contributed by atoms with Crippen molar-refractivity contribution in [3.8, 4) is 0 Å². The number of carbonyl (C=O) groups is 1. The standard InChI is InChI=1S/C17H22N2O/c1-14-7-8-17(20)19(14)16-9-11-18(12-10-16)13-15-5-3-2-4-6-15/h2-6,9,14H,7-8,10-13H2,1H3. The summed E-state index contributed by atoms with van der Waals surface area (Å²) in [4.78, 5) is 16.4. The lowest BCUT2D eigenvalue weighted by Crippen LogP contribution is -2.36. The van der Waals surface area contributed by atoms with Crippen LogP contribution in [0.15, 0.2) is 42.1 Å². The molecule has 1 aromatic carbocycles. The maximum absolute atomic E-state index is 11.9. The molecule has 0 aliphatic carbocycles. The monoisotopic (exact) mass is 270 g/mol. The second-order valence-corrected chi connectivity index (χ2v) is 5.82. The van der Waals surface area contributed by atoms with Crippen molar-refractivity contribution in [2.24, 2.45) is 0 Å². The molecule has 1 aromatic rings. The largest absolute Gasteiger partial charge is 0.314 e. The van der Waals surface area contributed by atoms with Crippen LogP contribution in [0.4, 0.5) is 0 Å². The summed E-state index contributed by atoms with van der Waals surface area (Å²) < 4.78 is 0. The van der Waals surface area contributed by atoms with Crippen LogP contribution < -0.4 is 0 Å². The van der Waals surface area contributed by atoms with E-state index in [1.807, 2.05) is 4.90 Å². The lowest BCUT2D eigenvalue weighted by molar-refractivity contribution is -0.127. The third-order valence-electron chi connectivity index (χ3n) is 4.31. The van der Waals surface area contributed by atoms with Crippen molar-refractivity contribution in [2.75, 3.05) is 13.1 Å². The van der Waals surface area contributed by atoms with E-state index in [0.29, 0.717) is 18.4 Å². The second-order valence-electron chi connectivity index (χ2n) is 5.82. The third-order valence-corrected chi connectivity index (χ3v) is 4.31. The number of nitrogens with zero attached hydrogens (tertiary/aromatic N) is 2. The van der Waals surface area contributed by atoms with E-state index in [-0.39, 0.29) is 0 Å². The van der Waals surface area contributed by atoms with Crippen molar-refractivity contribution in [3.63, 3.8) is 0 Å². The minimum absolute atomic E-state index is 0.306. The van der Waals surface area contributed by atoms with Crippen LogP contribution in [0.1, 0.15) is 31.7 Å². The Balaban J connectivity index is 1.62. The summed E-state index contributed by atoms with van der Waals surface area (Å²) in [5, 5.41) is 0. The Kier molecular flexibility index (Phi) is 3.88. The molecule has 0 radical (unpaired) electrons. The molecule has 0 aromatic heterocycles. The number of hydrogen-bond donors (Lipinski definition) is 0. The first kappa shape index (κ1) is 13.4. The summed E-state index contributed by atoms with van der Waals surface area (Å²) in [6, 6.07) is 11.0. The number of amides is 1. The van der Waals surface area contributed by atoms with Crippen LogP contribution in [0.2, 0.25) is 0 Å². The van der Waals surface area contributed by atoms with E-state index in [0.717, 1.165) is 32.5 Å². The molecule has 0 bridgehead atoms. The molecule has 2 aliphatic rings. The van der Waals surface area contributed by atoms with Gasteiger partial charge in [-0.05, 0) is 18.9 Å². The zero-order valence-corrected chi connectivity index (χ0v) is 12.1. The van der Waals surface area contributed by atoms with Gasteiger partial charge in [0.2, 0.25) is 5.91 Å². The lowest BCUT2D eigenvalue weighted by Gasteiger charge is -2.32. The molecule has 3 rings (SSSR count). The molecule has 1 amide bonds. The van der Waals surface area contributed by atoms with Gasteiger partial charge in [0.25, 0.3) is 0 Å². The summed E-state index contributed by atoms with van der Waals surface area (Å²) in [6.45, 7) is 5.13. The molecule has 2 aliphatic heterocycles. The van der Waals surface area contributed by atoms with E-state index in [9.17, 15) is 4.79 Å². The molecule has 1 saturated heterocycles. The van der Waals surface area contributed by atoms with Gasteiger partial charge >= 0.3 is 0 Å². The number of rotatable bonds is 3. The summed E-state index contributed by atoms with van der Waals surface area (Å²) >= 11 is 0. The van der Waals surface area contributed by atoms with Crippen LogP contribution in [-0.4, -0.2) is 34.8 Å². The van der Waals surface area contributed by atoms with Gasteiger partial charge in [-0.1, -0.05) is 36.4 Å². The molecule has 20 heavy (non-hydrogen) atoms. The molecule has 3 nitrogen and oxygen atoms in total. The number of carbonyl (C=O) groups excluding carboxylic acids is 1. The van der Waals surface area contributed by atoms with Gasteiger partial charge in [0.1, 0.15) is 0 Å². The fraction of sp³-hybridized carbons (Fsp3) is 0.471. The Hall–Kier alpha value is -1.61. The van der Waals surface area contributed by atoms with E-state index in [2.05, 4.69) is 48.2 Å². The molecule has 1 fully saturated rings. The van der Waals surface area contributed by atoms with Crippen molar-refractivity contribution in [2.45, 2.75) is 38.8 Å². The minimum atomic E-state index is 0.306. The number of benzene rings is 1. The summed E-state index contributed by atoms with van der Waals surface area (Å²) in [5.74, 6) is 0.306. The van der Waals surface area contributed by atoms with E-state index in [1.54, 1.807) is 0 Å².